The Labute approximate surface area is 113 Å². The molecule has 1 aromatic rings. The van der Waals surface area contributed by atoms with Crippen LogP contribution in [0.5, 0.6) is 0 Å². The second kappa shape index (κ2) is 6.44. The molecule has 1 aliphatic rings. The molecule has 0 amide bonds. The second-order valence-electron chi connectivity index (χ2n) is 5.38. The third-order valence-electron chi connectivity index (χ3n) is 3.83. The van der Waals surface area contributed by atoms with Crippen molar-refractivity contribution in [3.63, 3.8) is 0 Å². The van der Waals surface area contributed by atoms with Gasteiger partial charge in [0.05, 0.1) is 0 Å². The van der Waals surface area contributed by atoms with Gasteiger partial charge in [0, 0.05) is 12.1 Å². The maximum Gasteiger partial charge on any atom is 0.126 e. The van der Waals surface area contributed by atoms with E-state index in [1.54, 1.807) is 0 Å². The second-order valence-corrected chi connectivity index (χ2v) is 5.38. The van der Waals surface area contributed by atoms with E-state index in [2.05, 4.69) is 17.1 Å². The van der Waals surface area contributed by atoms with Gasteiger partial charge < -0.3 is 5.32 Å². The van der Waals surface area contributed by atoms with Crippen molar-refractivity contribution in [1.82, 2.24) is 10.2 Å². The third-order valence-corrected chi connectivity index (χ3v) is 3.83. The highest BCUT2D eigenvalue weighted by Crippen LogP contribution is 2.36. The standard InChI is InChI=1S/C15H22F2N2/c1-3-5-18-10-11-4-6-19(2)15(11)12-7-13(16)9-14(17)8-12/h7-9,11,15,18H,3-6,10H2,1-2H3. The molecule has 19 heavy (non-hydrogen) atoms. The van der Waals surface area contributed by atoms with Crippen LogP contribution < -0.4 is 5.32 Å². The van der Waals surface area contributed by atoms with Gasteiger partial charge in [-0.3, -0.25) is 4.90 Å². The van der Waals surface area contributed by atoms with Gasteiger partial charge in [0.25, 0.3) is 0 Å². The zero-order chi connectivity index (χ0) is 13.8. The molecule has 2 rings (SSSR count). The van der Waals surface area contributed by atoms with Crippen LogP contribution in [0.2, 0.25) is 0 Å². The van der Waals surface area contributed by atoms with Crippen molar-refractivity contribution in [2.75, 3.05) is 26.7 Å². The van der Waals surface area contributed by atoms with Crippen molar-refractivity contribution in [3.8, 4) is 0 Å². The Morgan fingerprint density at radius 1 is 1.26 bits per heavy atom. The summed E-state index contributed by atoms with van der Waals surface area (Å²) in [6.45, 7) is 5.00. The van der Waals surface area contributed by atoms with Crippen LogP contribution in [0.15, 0.2) is 18.2 Å². The molecule has 1 fully saturated rings. The molecule has 1 heterocycles. The smallest absolute Gasteiger partial charge is 0.126 e. The Kier molecular flexibility index (Phi) is 4.88. The Morgan fingerprint density at radius 2 is 1.95 bits per heavy atom. The van der Waals surface area contributed by atoms with Gasteiger partial charge in [0.15, 0.2) is 0 Å². The highest BCUT2D eigenvalue weighted by Gasteiger charge is 2.33. The monoisotopic (exact) mass is 268 g/mol. The average Bonchev–Trinajstić information content (AvgIpc) is 2.70. The normalized spacial score (nSPS) is 24.0. The molecule has 1 saturated heterocycles. The van der Waals surface area contributed by atoms with Crippen molar-refractivity contribution >= 4 is 0 Å². The zero-order valence-corrected chi connectivity index (χ0v) is 11.6. The van der Waals surface area contributed by atoms with Gasteiger partial charge in [0.2, 0.25) is 0 Å². The lowest BCUT2D eigenvalue weighted by molar-refractivity contribution is 0.271. The number of benzene rings is 1. The van der Waals surface area contributed by atoms with E-state index in [0.29, 0.717) is 5.92 Å². The van der Waals surface area contributed by atoms with Gasteiger partial charge in [0.1, 0.15) is 11.6 Å². The molecular formula is C15H22F2N2. The lowest BCUT2D eigenvalue weighted by Gasteiger charge is -2.26. The van der Waals surface area contributed by atoms with E-state index in [4.69, 9.17) is 0 Å². The van der Waals surface area contributed by atoms with E-state index < -0.39 is 11.6 Å². The lowest BCUT2D eigenvalue weighted by Crippen LogP contribution is -2.29. The Balaban J connectivity index is 2.14. The molecule has 0 aromatic heterocycles. The highest BCUT2D eigenvalue weighted by molar-refractivity contribution is 5.23. The first-order chi connectivity index (χ1) is 9.11. The van der Waals surface area contributed by atoms with Crippen molar-refractivity contribution in [2.24, 2.45) is 5.92 Å². The van der Waals surface area contributed by atoms with Crippen molar-refractivity contribution in [3.05, 3.63) is 35.4 Å². The molecule has 2 atom stereocenters. The molecule has 0 spiro atoms. The number of likely N-dealkylation sites (tertiary alicyclic amines) is 1. The van der Waals surface area contributed by atoms with Crippen molar-refractivity contribution < 1.29 is 8.78 Å². The van der Waals surface area contributed by atoms with Gasteiger partial charge in [-0.1, -0.05) is 6.92 Å². The molecule has 0 bridgehead atoms. The molecular weight excluding hydrogens is 246 g/mol. The number of hydrogen-bond acceptors (Lipinski definition) is 2. The molecule has 2 nitrogen and oxygen atoms in total. The lowest BCUT2D eigenvalue weighted by atomic mass is 9.93. The SMILES string of the molecule is CCCNCC1CCN(C)C1c1cc(F)cc(F)c1. The predicted molar refractivity (Wildman–Crippen MR) is 73.0 cm³/mol. The first-order valence-corrected chi connectivity index (χ1v) is 6.98. The number of halogens is 2. The first-order valence-electron chi connectivity index (χ1n) is 6.98. The minimum Gasteiger partial charge on any atom is -0.316 e. The molecule has 106 valence electrons. The number of hydrogen-bond donors (Lipinski definition) is 1. The van der Waals surface area contributed by atoms with Gasteiger partial charge in [-0.05, 0) is 63.1 Å². The van der Waals surface area contributed by atoms with E-state index in [1.807, 2.05) is 7.05 Å². The van der Waals surface area contributed by atoms with E-state index in [1.165, 1.54) is 12.1 Å². The highest BCUT2D eigenvalue weighted by atomic mass is 19.1. The summed E-state index contributed by atoms with van der Waals surface area (Å²) < 4.78 is 26.7. The van der Waals surface area contributed by atoms with E-state index in [0.717, 1.165) is 44.1 Å². The minimum absolute atomic E-state index is 0.106. The summed E-state index contributed by atoms with van der Waals surface area (Å²) in [5, 5.41) is 3.41. The molecule has 2 unspecified atom stereocenters. The fourth-order valence-electron chi connectivity index (χ4n) is 2.98. The molecule has 0 radical (unpaired) electrons. The Bertz CT molecular complexity index is 402. The maximum atomic E-state index is 13.4. The van der Waals surface area contributed by atoms with Crippen LogP contribution in [0.4, 0.5) is 8.78 Å². The summed E-state index contributed by atoms with van der Waals surface area (Å²) in [5.41, 5.74) is 0.751. The van der Waals surface area contributed by atoms with Crippen LogP contribution in [-0.2, 0) is 0 Å². The third kappa shape index (κ3) is 3.51. The van der Waals surface area contributed by atoms with Gasteiger partial charge in [-0.15, -0.1) is 0 Å². The Morgan fingerprint density at radius 3 is 2.58 bits per heavy atom. The number of nitrogens with one attached hydrogen (secondary N) is 1. The molecule has 0 aliphatic carbocycles. The molecule has 1 N–H and O–H groups in total. The zero-order valence-electron chi connectivity index (χ0n) is 11.6. The molecule has 1 aromatic carbocycles. The van der Waals surface area contributed by atoms with E-state index in [9.17, 15) is 8.78 Å². The first kappa shape index (κ1) is 14.4. The van der Waals surface area contributed by atoms with Crippen LogP contribution in [0.25, 0.3) is 0 Å². The quantitative estimate of drug-likeness (QED) is 0.826. The number of nitrogens with zero attached hydrogens (tertiary/aromatic N) is 1. The van der Waals surface area contributed by atoms with Crippen LogP contribution >= 0.6 is 0 Å². The van der Waals surface area contributed by atoms with Crippen molar-refractivity contribution in [2.45, 2.75) is 25.8 Å². The van der Waals surface area contributed by atoms with Crippen molar-refractivity contribution in [1.29, 1.82) is 0 Å². The number of rotatable bonds is 5. The van der Waals surface area contributed by atoms with Crippen LogP contribution in [0.1, 0.15) is 31.4 Å². The summed E-state index contributed by atoms with van der Waals surface area (Å²) >= 11 is 0. The summed E-state index contributed by atoms with van der Waals surface area (Å²) in [7, 11) is 2.02. The fourth-order valence-corrected chi connectivity index (χ4v) is 2.98. The van der Waals surface area contributed by atoms with Crippen LogP contribution in [0.3, 0.4) is 0 Å². The van der Waals surface area contributed by atoms with E-state index in [-0.39, 0.29) is 6.04 Å². The van der Waals surface area contributed by atoms with Crippen LogP contribution in [0, 0.1) is 17.6 Å². The summed E-state index contributed by atoms with van der Waals surface area (Å²) in [6, 6.07) is 3.96. The van der Waals surface area contributed by atoms with E-state index >= 15 is 0 Å². The topological polar surface area (TPSA) is 15.3 Å². The molecule has 4 heteroatoms. The fraction of sp³-hybridized carbons (Fsp3) is 0.600. The van der Waals surface area contributed by atoms with Gasteiger partial charge >= 0.3 is 0 Å². The van der Waals surface area contributed by atoms with Crippen LogP contribution in [-0.4, -0.2) is 31.6 Å². The predicted octanol–water partition coefficient (Wildman–Crippen LogP) is 2.96. The average molecular weight is 268 g/mol. The summed E-state index contributed by atoms with van der Waals surface area (Å²) in [6.07, 6.45) is 2.16. The molecule has 1 aliphatic heterocycles. The van der Waals surface area contributed by atoms with Gasteiger partial charge in [-0.25, -0.2) is 8.78 Å². The largest absolute Gasteiger partial charge is 0.316 e. The maximum absolute atomic E-state index is 13.4. The Hall–Kier alpha value is -1.00. The minimum atomic E-state index is -0.490. The molecule has 0 saturated carbocycles. The van der Waals surface area contributed by atoms with Gasteiger partial charge in [-0.2, -0.15) is 0 Å². The summed E-state index contributed by atoms with van der Waals surface area (Å²) in [4.78, 5) is 2.19. The summed E-state index contributed by atoms with van der Waals surface area (Å²) in [5.74, 6) is -0.566.